The summed E-state index contributed by atoms with van der Waals surface area (Å²) in [5.41, 5.74) is -0.137. The van der Waals surface area contributed by atoms with Gasteiger partial charge in [0.05, 0.1) is 19.8 Å². The molecule has 1 aliphatic carbocycles. The van der Waals surface area contributed by atoms with Crippen molar-refractivity contribution < 1.29 is 14.6 Å². The van der Waals surface area contributed by atoms with Crippen molar-refractivity contribution in [1.82, 2.24) is 9.80 Å². The van der Waals surface area contributed by atoms with Crippen LogP contribution in [0.4, 0.5) is 0 Å². The number of aliphatic hydroxyl groups excluding tert-OH is 1. The normalized spacial score (nSPS) is 33.6. The largest absolute Gasteiger partial charge is 0.396 e. The lowest BCUT2D eigenvalue weighted by molar-refractivity contribution is -0.133. The van der Waals surface area contributed by atoms with E-state index in [0.717, 1.165) is 39.0 Å². The number of aliphatic hydroxyl groups is 1. The summed E-state index contributed by atoms with van der Waals surface area (Å²) in [4.78, 5) is 16.8. The van der Waals surface area contributed by atoms with Gasteiger partial charge in [0.2, 0.25) is 5.91 Å². The molecule has 1 amide bonds. The predicted octanol–water partition coefficient (Wildman–Crippen LogP) is 1.11. The highest BCUT2D eigenvalue weighted by molar-refractivity contribution is 5.78. The van der Waals surface area contributed by atoms with E-state index in [1.807, 2.05) is 11.9 Å². The average Bonchev–Trinajstić information content (AvgIpc) is 2.93. The second kappa shape index (κ2) is 6.85. The van der Waals surface area contributed by atoms with Crippen molar-refractivity contribution in [2.45, 2.75) is 44.6 Å². The van der Waals surface area contributed by atoms with Gasteiger partial charge in [-0.2, -0.15) is 0 Å². The molecule has 22 heavy (non-hydrogen) atoms. The Morgan fingerprint density at radius 2 is 2.09 bits per heavy atom. The van der Waals surface area contributed by atoms with Crippen LogP contribution in [0.2, 0.25) is 0 Å². The van der Waals surface area contributed by atoms with E-state index in [4.69, 9.17) is 4.74 Å². The molecule has 0 aromatic carbocycles. The van der Waals surface area contributed by atoms with Crippen molar-refractivity contribution in [3.8, 4) is 0 Å². The van der Waals surface area contributed by atoms with Crippen molar-refractivity contribution in [2.24, 2.45) is 11.3 Å². The van der Waals surface area contributed by atoms with Gasteiger partial charge in [0, 0.05) is 38.2 Å². The van der Waals surface area contributed by atoms with Gasteiger partial charge in [0.15, 0.2) is 0 Å². The summed E-state index contributed by atoms with van der Waals surface area (Å²) >= 11 is 0. The van der Waals surface area contributed by atoms with Gasteiger partial charge in [-0.25, -0.2) is 0 Å². The minimum atomic E-state index is -0.137. The molecule has 1 saturated carbocycles. The third-order valence-electron chi connectivity index (χ3n) is 6.07. The summed E-state index contributed by atoms with van der Waals surface area (Å²) in [6.07, 6.45) is 7.12. The topological polar surface area (TPSA) is 53.0 Å². The molecule has 3 aliphatic rings. The molecular weight excluding hydrogens is 280 g/mol. The van der Waals surface area contributed by atoms with Crippen LogP contribution in [0.1, 0.15) is 38.5 Å². The molecule has 1 N–H and O–H groups in total. The van der Waals surface area contributed by atoms with Gasteiger partial charge in [-0.3, -0.25) is 9.69 Å². The summed E-state index contributed by atoms with van der Waals surface area (Å²) in [6.45, 7) is 3.80. The van der Waals surface area contributed by atoms with Crippen LogP contribution in [0, 0.1) is 11.3 Å². The zero-order valence-corrected chi connectivity index (χ0v) is 13.8. The van der Waals surface area contributed by atoms with E-state index in [1.165, 1.54) is 19.3 Å². The SMILES string of the molecule is CN(C(=O)CN1C[C@@H]2CCOC[C@]2(CO)C1)C1CCCCC1. The van der Waals surface area contributed by atoms with E-state index in [0.29, 0.717) is 25.1 Å². The smallest absolute Gasteiger partial charge is 0.236 e. The second-order valence-electron chi connectivity index (χ2n) is 7.52. The number of hydrogen-bond acceptors (Lipinski definition) is 4. The molecule has 0 bridgehead atoms. The number of nitrogens with zero attached hydrogens (tertiary/aromatic N) is 2. The number of rotatable bonds is 4. The molecule has 2 atom stereocenters. The molecular formula is C17H30N2O3. The number of amides is 1. The van der Waals surface area contributed by atoms with Crippen LogP contribution in [0.15, 0.2) is 0 Å². The maximum absolute atomic E-state index is 12.6. The summed E-state index contributed by atoms with van der Waals surface area (Å²) < 4.78 is 5.59. The third kappa shape index (κ3) is 3.17. The summed E-state index contributed by atoms with van der Waals surface area (Å²) in [5.74, 6) is 0.707. The molecule has 2 aliphatic heterocycles. The Bertz CT molecular complexity index is 397. The van der Waals surface area contributed by atoms with Gasteiger partial charge in [-0.15, -0.1) is 0 Å². The number of carbonyl (C=O) groups is 1. The molecule has 3 rings (SSSR count). The maximum Gasteiger partial charge on any atom is 0.236 e. The number of hydrogen-bond donors (Lipinski definition) is 1. The van der Waals surface area contributed by atoms with E-state index in [1.54, 1.807) is 0 Å². The fourth-order valence-corrected chi connectivity index (χ4v) is 4.53. The van der Waals surface area contributed by atoms with Gasteiger partial charge >= 0.3 is 0 Å². The fraction of sp³-hybridized carbons (Fsp3) is 0.941. The molecule has 0 spiro atoms. The zero-order valence-electron chi connectivity index (χ0n) is 13.8. The lowest BCUT2D eigenvalue weighted by Crippen LogP contribution is -2.45. The molecule has 5 nitrogen and oxygen atoms in total. The summed E-state index contributed by atoms with van der Waals surface area (Å²) in [7, 11) is 1.96. The molecule has 126 valence electrons. The van der Waals surface area contributed by atoms with Crippen LogP contribution in [0.5, 0.6) is 0 Å². The number of likely N-dealkylation sites (tertiary alicyclic amines) is 1. The van der Waals surface area contributed by atoms with E-state index in [2.05, 4.69) is 4.90 Å². The van der Waals surface area contributed by atoms with Gasteiger partial charge in [-0.05, 0) is 25.2 Å². The molecule has 0 aromatic rings. The minimum absolute atomic E-state index is 0.137. The summed E-state index contributed by atoms with van der Waals surface area (Å²) in [6, 6.07) is 0.432. The highest BCUT2D eigenvalue weighted by Crippen LogP contribution is 2.40. The van der Waals surface area contributed by atoms with Gasteiger partial charge in [0.25, 0.3) is 0 Å². The van der Waals surface area contributed by atoms with Crippen molar-refractivity contribution in [2.75, 3.05) is 46.5 Å². The van der Waals surface area contributed by atoms with Crippen LogP contribution in [0.25, 0.3) is 0 Å². The Morgan fingerprint density at radius 3 is 2.77 bits per heavy atom. The first-order valence-electron chi connectivity index (χ1n) is 8.81. The van der Waals surface area contributed by atoms with E-state index in [-0.39, 0.29) is 17.9 Å². The highest BCUT2D eigenvalue weighted by atomic mass is 16.5. The van der Waals surface area contributed by atoms with Gasteiger partial charge < -0.3 is 14.7 Å². The van der Waals surface area contributed by atoms with Crippen molar-refractivity contribution in [1.29, 1.82) is 0 Å². The zero-order chi connectivity index (χ0) is 15.6. The molecule has 2 heterocycles. The molecule has 2 saturated heterocycles. The standard InChI is InChI=1S/C17H30N2O3/c1-18(15-5-3-2-4-6-15)16(21)10-19-9-14-7-8-22-13-17(14,11-19)12-20/h14-15,20H,2-13H2,1H3/t14-,17+/m0/s1. The molecule has 0 unspecified atom stereocenters. The lowest BCUT2D eigenvalue weighted by Gasteiger charge is -2.36. The Kier molecular flexibility index (Phi) is 5.05. The van der Waals surface area contributed by atoms with E-state index < -0.39 is 0 Å². The highest BCUT2D eigenvalue weighted by Gasteiger charge is 2.48. The first-order chi connectivity index (χ1) is 10.6. The predicted molar refractivity (Wildman–Crippen MR) is 84.5 cm³/mol. The molecule has 3 fully saturated rings. The maximum atomic E-state index is 12.6. The van der Waals surface area contributed by atoms with Crippen molar-refractivity contribution in [3.05, 3.63) is 0 Å². The van der Waals surface area contributed by atoms with Crippen LogP contribution < -0.4 is 0 Å². The number of carbonyl (C=O) groups excluding carboxylic acids is 1. The number of fused-ring (bicyclic) bond motifs is 1. The fourth-order valence-electron chi connectivity index (χ4n) is 4.53. The van der Waals surface area contributed by atoms with Crippen molar-refractivity contribution >= 4 is 5.91 Å². The van der Waals surface area contributed by atoms with Crippen LogP contribution in [-0.4, -0.2) is 73.4 Å². The van der Waals surface area contributed by atoms with Gasteiger partial charge in [-0.1, -0.05) is 19.3 Å². The Hall–Kier alpha value is -0.650. The van der Waals surface area contributed by atoms with Crippen LogP contribution >= 0.6 is 0 Å². The molecule has 5 heteroatoms. The average molecular weight is 310 g/mol. The van der Waals surface area contributed by atoms with E-state index >= 15 is 0 Å². The number of likely N-dealkylation sites (N-methyl/N-ethyl adjacent to an activating group) is 1. The molecule has 0 radical (unpaired) electrons. The molecule has 0 aromatic heterocycles. The number of ether oxygens (including phenoxy) is 1. The Balaban J connectivity index is 1.55. The Morgan fingerprint density at radius 1 is 1.32 bits per heavy atom. The van der Waals surface area contributed by atoms with E-state index in [9.17, 15) is 9.90 Å². The minimum Gasteiger partial charge on any atom is -0.396 e. The summed E-state index contributed by atoms with van der Waals surface area (Å²) in [5, 5.41) is 9.81. The Labute approximate surface area is 133 Å². The van der Waals surface area contributed by atoms with Gasteiger partial charge in [0.1, 0.15) is 0 Å². The van der Waals surface area contributed by atoms with Crippen LogP contribution in [0.3, 0.4) is 0 Å². The monoisotopic (exact) mass is 310 g/mol. The third-order valence-corrected chi connectivity index (χ3v) is 6.07. The first kappa shape index (κ1) is 16.2. The quantitative estimate of drug-likeness (QED) is 0.845. The lowest BCUT2D eigenvalue weighted by atomic mass is 9.76. The van der Waals surface area contributed by atoms with Crippen molar-refractivity contribution in [3.63, 3.8) is 0 Å². The van der Waals surface area contributed by atoms with Crippen LogP contribution in [-0.2, 0) is 9.53 Å². The second-order valence-corrected chi connectivity index (χ2v) is 7.52. The first-order valence-corrected chi connectivity index (χ1v) is 8.81.